The Balaban J connectivity index is 0.00000261. The fourth-order valence-electron chi connectivity index (χ4n) is 3.53. The van der Waals surface area contributed by atoms with Gasteiger partial charge in [-0.3, -0.25) is 4.79 Å². The molecule has 0 aliphatic carbocycles. The minimum absolute atomic E-state index is 0. The van der Waals surface area contributed by atoms with Gasteiger partial charge in [-0.25, -0.2) is 4.79 Å². The van der Waals surface area contributed by atoms with Crippen LogP contribution in [0.5, 0.6) is 5.75 Å². The van der Waals surface area contributed by atoms with Crippen LogP contribution < -0.4 is 15.8 Å². The number of nitrogens with two attached hydrogens (primary N) is 1. The van der Waals surface area contributed by atoms with Crippen molar-refractivity contribution in [1.82, 2.24) is 9.80 Å². The maximum Gasteiger partial charge on any atom is 0.320 e. The molecule has 2 saturated heterocycles. The Morgan fingerprint density at radius 1 is 1.07 bits per heavy atom. The van der Waals surface area contributed by atoms with Gasteiger partial charge in [0.25, 0.3) is 0 Å². The number of nitrogens with one attached hydrogen (secondary N) is 1. The van der Waals surface area contributed by atoms with Crippen molar-refractivity contribution in [2.24, 2.45) is 11.7 Å². The number of urea groups is 1. The van der Waals surface area contributed by atoms with E-state index >= 15 is 0 Å². The summed E-state index contributed by atoms with van der Waals surface area (Å²) in [5.41, 5.74) is 6.15. The number of hydrogen-bond donors (Lipinski definition) is 2. The predicted molar refractivity (Wildman–Crippen MR) is 107 cm³/mol. The van der Waals surface area contributed by atoms with E-state index in [0.717, 1.165) is 56.8 Å². The molecular formula is C19H29ClN4O3. The number of rotatable bonds is 5. The molecule has 0 spiro atoms. The number of ether oxygens (including phenoxy) is 1. The van der Waals surface area contributed by atoms with E-state index < -0.39 is 0 Å². The summed E-state index contributed by atoms with van der Waals surface area (Å²) in [5.74, 6) is 0.538. The zero-order valence-electron chi connectivity index (χ0n) is 15.6. The minimum Gasteiger partial charge on any atom is -0.492 e. The second kappa shape index (κ2) is 10.4. The highest BCUT2D eigenvalue weighted by atomic mass is 35.5. The Morgan fingerprint density at radius 3 is 2.41 bits per heavy atom. The number of likely N-dealkylation sites (tertiary alicyclic amines) is 2. The molecule has 0 saturated carbocycles. The van der Waals surface area contributed by atoms with Crippen molar-refractivity contribution in [3.05, 3.63) is 24.3 Å². The van der Waals surface area contributed by atoms with Crippen LogP contribution in [-0.2, 0) is 4.79 Å². The van der Waals surface area contributed by atoms with Crippen LogP contribution >= 0.6 is 12.4 Å². The third-order valence-corrected chi connectivity index (χ3v) is 4.95. The molecule has 3 N–H and O–H groups in total. The van der Waals surface area contributed by atoms with Crippen molar-refractivity contribution >= 4 is 30.0 Å². The normalized spacial score (nSPS) is 19.4. The molecule has 0 bridgehead atoms. The largest absolute Gasteiger partial charge is 0.492 e. The Bertz CT molecular complexity index is 620. The second-order valence-electron chi connectivity index (χ2n) is 6.91. The number of amides is 3. The molecule has 0 radical (unpaired) electrons. The van der Waals surface area contributed by atoms with Gasteiger partial charge in [-0.05, 0) is 49.9 Å². The third-order valence-electron chi connectivity index (χ3n) is 4.95. The van der Waals surface area contributed by atoms with E-state index in [1.807, 2.05) is 34.1 Å². The highest BCUT2D eigenvalue weighted by Crippen LogP contribution is 2.22. The summed E-state index contributed by atoms with van der Waals surface area (Å²) in [6.07, 6.45) is 3.83. The number of anilines is 1. The van der Waals surface area contributed by atoms with Gasteiger partial charge < -0.3 is 25.6 Å². The molecule has 2 aliphatic rings. The third kappa shape index (κ3) is 5.74. The Kier molecular flexibility index (Phi) is 8.19. The molecule has 2 aliphatic heterocycles. The topological polar surface area (TPSA) is 87.9 Å². The smallest absolute Gasteiger partial charge is 0.320 e. The quantitative estimate of drug-likeness (QED) is 0.799. The van der Waals surface area contributed by atoms with E-state index in [9.17, 15) is 9.59 Å². The van der Waals surface area contributed by atoms with Gasteiger partial charge in [0.05, 0.1) is 5.92 Å². The fourth-order valence-corrected chi connectivity index (χ4v) is 3.53. The van der Waals surface area contributed by atoms with Gasteiger partial charge in [0.1, 0.15) is 12.4 Å². The summed E-state index contributed by atoms with van der Waals surface area (Å²) in [7, 11) is 0. The number of benzene rings is 1. The fraction of sp³-hybridized carbons (Fsp3) is 0.579. The first kappa shape index (κ1) is 21.3. The zero-order chi connectivity index (χ0) is 18.4. The summed E-state index contributed by atoms with van der Waals surface area (Å²) in [4.78, 5) is 28.9. The molecule has 3 amide bonds. The minimum atomic E-state index is -0.163. The van der Waals surface area contributed by atoms with Crippen molar-refractivity contribution in [3.63, 3.8) is 0 Å². The van der Waals surface area contributed by atoms with Crippen LogP contribution in [0.3, 0.4) is 0 Å². The van der Waals surface area contributed by atoms with Gasteiger partial charge in [-0.15, -0.1) is 12.4 Å². The molecule has 1 unspecified atom stereocenters. The van der Waals surface area contributed by atoms with E-state index in [-0.39, 0.29) is 30.3 Å². The molecule has 2 heterocycles. The molecule has 1 aromatic rings. The van der Waals surface area contributed by atoms with Gasteiger partial charge in [-0.1, -0.05) is 0 Å². The molecule has 0 aromatic heterocycles. The predicted octanol–water partition coefficient (Wildman–Crippen LogP) is 2.31. The van der Waals surface area contributed by atoms with Gasteiger partial charge >= 0.3 is 6.03 Å². The molecular weight excluding hydrogens is 368 g/mol. The Morgan fingerprint density at radius 2 is 1.74 bits per heavy atom. The van der Waals surface area contributed by atoms with Gasteiger partial charge in [0, 0.05) is 38.4 Å². The van der Waals surface area contributed by atoms with Crippen molar-refractivity contribution in [2.45, 2.75) is 25.7 Å². The SMILES string of the molecule is Cl.NCCOc1ccc(NC(=O)C2CCCN(C(=O)N3CCCC3)C2)cc1. The molecule has 27 heavy (non-hydrogen) atoms. The number of nitrogens with zero attached hydrogens (tertiary/aromatic N) is 2. The lowest BCUT2D eigenvalue weighted by molar-refractivity contribution is -0.121. The van der Waals surface area contributed by atoms with Crippen LogP contribution in [-0.4, -0.2) is 61.1 Å². The maximum absolute atomic E-state index is 12.6. The van der Waals surface area contributed by atoms with Crippen LogP contribution in [0.1, 0.15) is 25.7 Å². The molecule has 7 nitrogen and oxygen atoms in total. The molecule has 8 heteroatoms. The second-order valence-corrected chi connectivity index (χ2v) is 6.91. The average molecular weight is 397 g/mol. The van der Waals surface area contributed by atoms with E-state index in [2.05, 4.69) is 5.32 Å². The molecule has 3 rings (SSSR count). The summed E-state index contributed by atoms with van der Waals surface area (Å²) in [5, 5.41) is 2.95. The Hall–Kier alpha value is -1.99. The molecule has 150 valence electrons. The molecule has 1 atom stereocenters. The van der Waals surface area contributed by atoms with Crippen LogP contribution in [0, 0.1) is 5.92 Å². The van der Waals surface area contributed by atoms with Crippen molar-refractivity contribution in [1.29, 1.82) is 0 Å². The zero-order valence-corrected chi connectivity index (χ0v) is 16.4. The summed E-state index contributed by atoms with van der Waals surface area (Å²) in [6.45, 7) is 3.85. The maximum atomic E-state index is 12.6. The lowest BCUT2D eigenvalue weighted by Crippen LogP contribution is -2.48. The van der Waals surface area contributed by atoms with Crippen LogP contribution in [0.25, 0.3) is 0 Å². The number of hydrogen-bond acceptors (Lipinski definition) is 4. The van der Waals surface area contributed by atoms with Crippen LogP contribution in [0.4, 0.5) is 10.5 Å². The first-order valence-corrected chi connectivity index (χ1v) is 9.45. The van der Waals surface area contributed by atoms with E-state index in [0.29, 0.717) is 19.7 Å². The first-order valence-electron chi connectivity index (χ1n) is 9.45. The number of halogens is 1. The van der Waals surface area contributed by atoms with Gasteiger partial charge in [0.2, 0.25) is 5.91 Å². The lowest BCUT2D eigenvalue weighted by Gasteiger charge is -2.34. The lowest BCUT2D eigenvalue weighted by atomic mass is 9.97. The van der Waals surface area contributed by atoms with E-state index in [4.69, 9.17) is 10.5 Å². The van der Waals surface area contributed by atoms with E-state index in [1.165, 1.54) is 0 Å². The van der Waals surface area contributed by atoms with Gasteiger partial charge in [-0.2, -0.15) is 0 Å². The highest BCUT2D eigenvalue weighted by Gasteiger charge is 2.31. The Labute approximate surface area is 166 Å². The number of carbonyl (C=O) groups excluding carboxylic acids is 2. The standard InChI is InChI=1S/C19H28N4O3.ClH/c20-9-13-26-17-7-5-16(6-8-17)21-18(24)15-4-3-12-23(14-15)19(25)22-10-1-2-11-22;/h5-8,15H,1-4,9-14,20H2,(H,21,24);1H. The molecule has 2 fully saturated rings. The highest BCUT2D eigenvalue weighted by molar-refractivity contribution is 5.93. The van der Waals surface area contributed by atoms with Crippen LogP contribution in [0.15, 0.2) is 24.3 Å². The summed E-state index contributed by atoms with van der Waals surface area (Å²) < 4.78 is 5.43. The van der Waals surface area contributed by atoms with Crippen molar-refractivity contribution in [2.75, 3.05) is 44.6 Å². The monoisotopic (exact) mass is 396 g/mol. The van der Waals surface area contributed by atoms with Crippen LogP contribution in [0.2, 0.25) is 0 Å². The number of carbonyl (C=O) groups is 2. The van der Waals surface area contributed by atoms with Crippen molar-refractivity contribution < 1.29 is 14.3 Å². The average Bonchev–Trinajstić information content (AvgIpc) is 3.21. The van der Waals surface area contributed by atoms with Crippen molar-refractivity contribution in [3.8, 4) is 5.75 Å². The van der Waals surface area contributed by atoms with Gasteiger partial charge in [0.15, 0.2) is 0 Å². The summed E-state index contributed by atoms with van der Waals surface area (Å²) in [6, 6.07) is 7.35. The first-order chi connectivity index (χ1) is 12.7. The number of piperidine rings is 1. The molecule has 1 aromatic carbocycles. The van der Waals surface area contributed by atoms with E-state index in [1.54, 1.807) is 0 Å². The summed E-state index contributed by atoms with van der Waals surface area (Å²) >= 11 is 0.